The Hall–Kier alpha value is 0.461. The molecule has 0 saturated carbocycles. The van der Waals surface area contributed by atoms with Crippen LogP contribution in [-0.4, -0.2) is 21.7 Å². The summed E-state index contributed by atoms with van der Waals surface area (Å²) in [4.78, 5) is 0. The summed E-state index contributed by atoms with van der Waals surface area (Å²) >= 11 is 0. The molecule has 0 fully saturated rings. The smallest absolute Gasteiger partial charge is 0.445 e. The summed E-state index contributed by atoms with van der Waals surface area (Å²) in [6.45, 7) is -3.80. The van der Waals surface area contributed by atoms with Gasteiger partial charge in [-0.1, -0.05) is 17.7 Å². The first-order valence-corrected chi connectivity index (χ1v) is 6.27. The van der Waals surface area contributed by atoms with Crippen molar-refractivity contribution in [3.05, 3.63) is 23.8 Å². The van der Waals surface area contributed by atoms with E-state index in [2.05, 4.69) is 0 Å². The van der Waals surface area contributed by atoms with Crippen LogP contribution >= 0.6 is 0 Å². The number of anilines is 1. The van der Waals surface area contributed by atoms with Gasteiger partial charge in [-0.05, 0) is 13.0 Å². The first-order valence-electron chi connectivity index (χ1n) is 4.38. The van der Waals surface area contributed by atoms with Crippen molar-refractivity contribution in [1.29, 1.82) is 0 Å². The van der Waals surface area contributed by atoms with Gasteiger partial charge in [0.2, 0.25) is 10.0 Å². The summed E-state index contributed by atoms with van der Waals surface area (Å²) in [5.74, 6) is 0. The number of hydrogen-bond acceptors (Lipinski definition) is 2. The molecule has 17 heavy (non-hydrogen) atoms. The first kappa shape index (κ1) is 17.5. The summed E-state index contributed by atoms with van der Waals surface area (Å²) < 4.78 is 61.4. The van der Waals surface area contributed by atoms with Crippen LogP contribution in [0.4, 0.5) is 18.6 Å². The maximum atomic E-state index is 12.5. The molecule has 3 nitrogen and oxygen atoms in total. The van der Waals surface area contributed by atoms with E-state index >= 15 is 0 Å². The van der Waals surface area contributed by atoms with Crippen LogP contribution in [0.25, 0.3) is 0 Å². The average molecular weight is 291 g/mol. The van der Waals surface area contributed by atoms with Crippen LogP contribution < -0.4 is 61.6 Å². The molecular formula is C8H10BF3KNO2S. The maximum Gasteiger partial charge on any atom is 1.00 e. The molecule has 0 amide bonds. The standard InChI is InChI=1S/C8H10BF3NO2S.K/c1-6-3-4-7(13-16(2,14)15)5-8(6)9(10,11)12;/h3-5,13H,1-2H3;/q-1;+1. The number of rotatable bonds is 3. The second-order valence-corrected chi connectivity index (χ2v) is 5.27. The van der Waals surface area contributed by atoms with Gasteiger partial charge in [0.1, 0.15) is 0 Å². The molecule has 1 aromatic carbocycles. The van der Waals surface area contributed by atoms with Crippen LogP contribution in [0, 0.1) is 6.92 Å². The van der Waals surface area contributed by atoms with Gasteiger partial charge in [0.15, 0.2) is 0 Å². The number of halogens is 3. The van der Waals surface area contributed by atoms with Crippen molar-refractivity contribution in [2.75, 3.05) is 11.0 Å². The van der Waals surface area contributed by atoms with E-state index in [-0.39, 0.29) is 62.6 Å². The SMILES string of the molecule is Cc1ccc(NS(C)(=O)=O)cc1[B-](F)(F)F.[K+]. The summed E-state index contributed by atoms with van der Waals surface area (Å²) in [5.41, 5.74) is -0.789. The average Bonchev–Trinajstić information content (AvgIpc) is 2.04. The third kappa shape index (κ3) is 5.75. The Morgan fingerprint density at radius 3 is 2.18 bits per heavy atom. The Labute approximate surface area is 141 Å². The van der Waals surface area contributed by atoms with E-state index in [9.17, 15) is 21.4 Å². The zero-order valence-corrected chi connectivity index (χ0v) is 13.6. The molecule has 0 spiro atoms. The summed E-state index contributed by atoms with van der Waals surface area (Å²) in [6, 6.07) is 3.33. The van der Waals surface area contributed by atoms with Gasteiger partial charge in [0, 0.05) is 5.69 Å². The monoisotopic (exact) mass is 291 g/mol. The predicted molar refractivity (Wildman–Crippen MR) is 58.4 cm³/mol. The van der Waals surface area contributed by atoms with Gasteiger partial charge < -0.3 is 12.9 Å². The van der Waals surface area contributed by atoms with Crippen molar-refractivity contribution in [1.82, 2.24) is 0 Å². The van der Waals surface area contributed by atoms with E-state index in [1.165, 1.54) is 19.1 Å². The summed E-state index contributed by atoms with van der Waals surface area (Å²) in [5, 5.41) is 0. The Morgan fingerprint density at radius 1 is 1.24 bits per heavy atom. The molecule has 1 rings (SSSR count). The molecule has 0 heterocycles. The van der Waals surface area contributed by atoms with E-state index in [4.69, 9.17) is 0 Å². The van der Waals surface area contributed by atoms with Crippen LogP contribution in [0.15, 0.2) is 18.2 Å². The number of benzene rings is 1. The third-order valence-electron chi connectivity index (χ3n) is 1.94. The minimum absolute atomic E-state index is 0. The van der Waals surface area contributed by atoms with Gasteiger partial charge in [0.05, 0.1) is 6.26 Å². The minimum atomic E-state index is -5.13. The fourth-order valence-corrected chi connectivity index (χ4v) is 1.83. The minimum Gasteiger partial charge on any atom is -0.445 e. The van der Waals surface area contributed by atoms with Crippen LogP contribution in [0.3, 0.4) is 0 Å². The van der Waals surface area contributed by atoms with Crippen LogP contribution in [0.2, 0.25) is 0 Å². The number of aryl methyl sites for hydroxylation is 1. The number of nitrogens with one attached hydrogen (secondary N) is 1. The zero-order valence-electron chi connectivity index (χ0n) is 9.67. The van der Waals surface area contributed by atoms with Crippen molar-refractivity contribution in [3.63, 3.8) is 0 Å². The molecule has 0 aliphatic heterocycles. The maximum absolute atomic E-state index is 12.5. The van der Waals surface area contributed by atoms with Crippen LogP contribution in [0.5, 0.6) is 0 Å². The van der Waals surface area contributed by atoms with E-state index in [1.807, 2.05) is 4.72 Å². The molecule has 1 N–H and O–H groups in total. The summed E-state index contributed by atoms with van der Waals surface area (Å²) in [7, 11) is -3.56. The Kier molecular flexibility index (Phi) is 6.23. The Balaban J connectivity index is 0.00000256. The molecule has 1 aromatic rings. The quantitative estimate of drug-likeness (QED) is 0.684. The zero-order chi connectivity index (χ0) is 12.6. The first-order chi connectivity index (χ1) is 7.09. The van der Waals surface area contributed by atoms with E-state index in [0.717, 1.165) is 12.3 Å². The molecule has 9 heteroatoms. The van der Waals surface area contributed by atoms with Gasteiger partial charge >= 0.3 is 58.4 Å². The molecule has 0 unspecified atom stereocenters. The molecule has 0 bridgehead atoms. The van der Waals surface area contributed by atoms with Gasteiger partial charge in [-0.15, -0.1) is 5.46 Å². The van der Waals surface area contributed by atoms with Gasteiger partial charge in [-0.3, -0.25) is 4.72 Å². The molecule has 90 valence electrons. The van der Waals surface area contributed by atoms with Crippen LogP contribution in [-0.2, 0) is 10.0 Å². The van der Waals surface area contributed by atoms with Crippen LogP contribution in [0.1, 0.15) is 5.56 Å². The fraction of sp³-hybridized carbons (Fsp3) is 0.250. The van der Waals surface area contributed by atoms with Gasteiger partial charge in [-0.2, -0.15) is 0 Å². The fourth-order valence-electron chi connectivity index (χ4n) is 1.27. The molecule has 0 atom stereocenters. The van der Waals surface area contributed by atoms with Crippen molar-refractivity contribution in [3.8, 4) is 0 Å². The molecule has 0 saturated heterocycles. The van der Waals surface area contributed by atoms with Gasteiger partial charge in [-0.25, -0.2) is 8.42 Å². The summed E-state index contributed by atoms with van der Waals surface area (Å²) in [6.07, 6.45) is 0.880. The second kappa shape index (κ2) is 6.07. The largest absolute Gasteiger partial charge is 1.00 e. The Morgan fingerprint density at radius 2 is 1.76 bits per heavy atom. The van der Waals surface area contributed by atoms with E-state index in [1.54, 1.807) is 0 Å². The van der Waals surface area contributed by atoms with E-state index in [0.29, 0.717) is 0 Å². The van der Waals surface area contributed by atoms with Crippen molar-refractivity contribution < 1.29 is 72.7 Å². The topological polar surface area (TPSA) is 46.2 Å². The predicted octanol–water partition coefficient (Wildman–Crippen LogP) is -1.58. The number of sulfonamides is 1. The van der Waals surface area contributed by atoms with Crippen molar-refractivity contribution in [2.45, 2.75) is 6.92 Å². The Bertz CT molecular complexity index is 504. The molecule has 0 radical (unpaired) electrons. The molecule has 0 aromatic heterocycles. The molecular weight excluding hydrogens is 281 g/mol. The molecule has 0 aliphatic rings. The van der Waals surface area contributed by atoms with E-state index < -0.39 is 22.5 Å². The third-order valence-corrected chi connectivity index (χ3v) is 2.54. The van der Waals surface area contributed by atoms with Crippen molar-refractivity contribution in [2.24, 2.45) is 0 Å². The second-order valence-electron chi connectivity index (χ2n) is 3.52. The number of hydrogen-bond donors (Lipinski definition) is 1. The van der Waals surface area contributed by atoms with Crippen molar-refractivity contribution >= 4 is 28.2 Å². The molecule has 0 aliphatic carbocycles. The normalized spacial score (nSPS) is 11.8. The van der Waals surface area contributed by atoms with Gasteiger partial charge in [0.25, 0.3) is 0 Å².